The van der Waals surface area contributed by atoms with Crippen LogP contribution in [-0.4, -0.2) is 17.5 Å². The number of carbonyl (C=O) groups is 1. The minimum atomic E-state index is -0.252. The lowest BCUT2D eigenvalue weighted by Gasteiger charge is -2.10. The maximum Gasteiger partial charge on any atom is 0.263 e. The summed E-state index contributed by atoms with van der Waals surface area (Å²) in [6.07, 6.45) is 0. The fraction of sp³-hybridized carbons (Fsp3) is 0.250. The highest BCUT2D eigenvalue weighted by Crippen LogP contribution is 2.25. The summed E-state index contributed by atoms with van der Waals surface area (Å²) in [5.74, 6) is 0.898. The second kappa shape index (κ2) is 7.28. The standard InChI is InChI=1S/C16H16ClIN2O2/c1-9-6-12(7-10(2)16(9)17)22-8-15(21)20-14-5-4-13(18)11(3)19-14/h4-7H,8H2,1-3H3,(H,19,20,21). The second-order valence-corrected chi connectivity index (χ2v) is 6.51. The predicted octanol–water partition coefficient (Wildman–Crippen LogP) is 4.28. The first kappa shape index (κ1) is 17.0. The van der Waals surface area contributed by atoms with Crippen molar-refractivity contribution in [2.45, 2.75) is 20.8 Å². The van der Waals surface area contributed by atoms with Crippen molar-refractivity contribution in [2.75, 3.05) is 11.9 Å². The molecule has 2 rings (SSSR count). The zero-order chi connectivity index (χ0) is 16.3. The van der Waals surface area contributed by atoms with Crippen molar-refractivity contribution in [2.24, 2.45) is 0 Å². The van der Waals surface area contributed by atoms with Crippen molar-refractivity contribution in [1.29, 1.82) is 0 Å². The lowest BCUT2D eigenvalue weighted by Crippen LogP contribution is -2.21. The van der Waals surface area contributed by atoms with Crippen molar-refractivity contribution in [3.63, 3.8) is 0 Å². The number of halogens is 2. The predicted molar refractivity (Wildman–Crippen MR) is 96.7 cm³/mol. The molecule has 0 atom stereocenters. The van der Waals surface area contributed by atoms with Gasteiger partial charge in [-0.25, -0.2) is 4.98 Å². The maximum atomic E-state index is 11.9. The number of carbonyl (C=O) groups excluding carboxylic acids is 1. The van der Waals surface area contributed by atoms with Crippen molar-refractivity contribution >= 4 is 45.9 Å². The smallest absolute Gasteiger partial charge is 0.263 e. The van der Waals surface area contributed by atoms with Crippen LogP contribution in [0.2, 0.25) is 5.02 Å². The van der Waals surface area contributed by atoms with Crippen LogP contribution in [0, 0.1) is 24.3 Å². The Hall–Kier alpha value is -1.34. The van der Waals surface area contributed by atoms with Gasteiger partial charge >= 0.3 is 0 Å². The summed E-state index contributed by atoms with van der Waals surface area (Å²) < 4.78 is 6.57. The van der Waals surface area contributed by atoms with Gasteiger partial charge in [-0.05, 0) is 78.8 Å². The van der Waals surface area contributed by atoms with E-state index in [-0.39, 0.29) is 12.5 Å². The number of nitrogens with one attached hydrogen (secondary N) is 1. The zero-order valence-corrected chi connectivity index (χ0v) is 15.4. The topological polar surface area (TPSA) is 51.2 Å². The van der Waals surface area contributed by atoms with E-state index in [2.05, 4.69) is 32.9 Å². The number of rotatable bonds is 4. The Balaban J connectivity index is 1.96. The van der Waals surface area contributed by atoms with E-state index in [1.807, 2.05) is 39.0 Å². The number of nitrogens with zero attached hydrogens (tertiary/aromatic N) is 1. The van der Waals surface area contributed by atoms with Crippen molar-refractivity contribution in [1.82, 2.24) is 4.98 Å². The van der Waals surface area contributed by atoms with E-state index >= 15 is 0 Å². The number of pyridine rings is 1. The Morgan fingerprint density at radius 3 is 2.50 bits per heavy atom. The molecule has 22 heavy (non-hydrogen) atoms. The Bertz CT molecular complexity index is 696. The Morgan fingerprint density at radius 2 is 1.91 bits per heavy atom. The van der Waals surface area contributed by atoms with Crippen LogP contribution in [0.5, 0.6) is 5.75 Å². The van der Waals surface area contributed by atoms with Crippen LogP contribution in [0.15, 0.2) is 24.3 Å². The van der Waals surface area contributed by atoms with E-state index in [0.717, 1.165) is 25.4 Å². The van der Waals surface area contributed by atoms with Crippen LogP contribution in [0.25, 0.3) is 0 Å². The van der Waals surface area contributed by atoms with Gasteiger partial charge in [-0.15, -0.1) is 0 Å². The third-order valence-corrected chi connectivity index (χ3v) is 4.81. The average Bonchev–Trinajstić information content (AvgIpc) is 2.46. The number of ether oxygens (including phenoxy) is 1. The van der Waals surface area contributed by atoms with Gasteiger partial charge in [-0.2, -0.15) is 0 Å². The van der Waals surface area contributed by atoms with Gasteiger partial charge in [0.1, 0.15) is 11.6 Å². The maximum absolute atomic E-state index is 11.9. The van der Waals surface area contributed by atoms with Crippen LogP contribution >= 0.6 is 34.2 Å². The largest absolute Gasteiger partial charge is 0.484 e. The molecule has 0 fully saturated rings. The Labute approximate surface area is 148 Å². The number of hydrogen-bond acceptors (Lipinski definition) is 3. The van der Waals surface area contributed by atoms with Crippen molar-refractivity contribution in [3.8, 4) is 5.75 Å². The number of benzene rings is 1. The molecule has 116 valence electrons. The van der Waals surface area contributed by atoms with Crippen molar-refractivity contribution in [3.05, 3.63) is 49.7 Å². The van der Waals surface area contributed by atoms with Gasteiger partial charge in [0.25, 0.3) is 5.91 Å². The molecule has 0 saturated heterocycles. The van der Waals surface area contributed by atoms with Gasteiger partial charge in [-0.1, -0.05) is 11.6 Å². The molecular formula is C16H16ClIN2O2. The van der Waals surface area contributed by atoms with Crippen LogP contribution in [0.1, 0.15) is 16.8 Å². The summed E-state index contributed by atoms with van der Waals surface area (Å²) in [6, 6.07) is 7.31. The molecule has 0 aliphatic rings. The molecule has 0 aliphatic heterocycles. The van der Waals surface area contributed by atoms with Crippen molar-refractivity contribution < 1.29 is 9.53 Å². The SMILES string of the molecule is Cc1cc(OCC(=O)Nc2ccc(I)c(C)n2)cc(C)c1Cl. The molecular weight excluding hydrogens is 415 g/mol. The molecule has 0 bridgehead atoms. The number of amides is 1. The molecule has 0 spiro atoms. The van der Waals surface area contributed by atoms with Crippen LogP contribution in [0.4, 0.5) is 5.82 Å². The van der Waals surface area contributed by atoms with Crippen LogP contribution in [0.3, 0.4) is 0 Å². The molecule has 1 heterocycles. The summed E-state index contributed by atoms with van der Waals surface area (Å²) in [6.45, 7) is 5.63. The minimum Gasteiger partial charge on any atom is -0.484 e. The first-order chi connectivity index (χ1) is 10.4. The normalized spacial score (nSPS) is 10.4. The summed E-state index contributed by atoms with van der Waals surface area (Å²) >= 11 is 8.30. The van der Waals surface area contributed by atoms with Gasteiger partial charge in [0.2, 0.25) is 0 Å². The number of aromatic nitrogens is 1. The highest BCUT2D eigenvalue weighted by Gasteiger charge is 2.08. The van der Waals surface area contributed by atoms with Gasteiger partial charge < -0.3 is 10.1 Å². The quantitative estimate of drug-likeness (QED) is 0.737. The number of hydrogen-bond donors (Lipinski definition) is 1. The van der Waals surface area contributed by atoms with Crippen LogP contribution in [-0.2, 0) is 4.79 Å². The molecule has 1 aromatic carbocycles. The molecule has 1 N–H and O–H groups in total. The first-order valence-corrected chi connectivity index (χ1v) is 8.15. The van der Waals surface area contributed by atoms with E-state index in [1.54, 1.807) is 6.07 Å². The summed E-state index contributed by atoms with van der Waals surface area (Å²) in [4.78, 5) is 16.2. The fourth-order valence-electron chi connectivity index (χ4n) is 1.93. The van der Waals surface area contributed by atoms with Crippen LogP contribution < -0.4 is 10.1 Å². The molecule has 0 unspecified atom stereocenters. The van der Waals surface area contributed by atoms with E-state index in [1.165, 1.54) is 0 Å². The lowest BCUT2D eigenvalue weighted by atomic mass is 10.1. The van der Waals surface area contributed by atoms with Gasteiger partial charge in [-0.3, -0.25) is 4.79 Å². The molecule has 0 radical (unpaired) electrons. The Kier molecular flexibility index (Phi) is 5.63. The zero-order valence-electron chi connectivity index (χ0n) is 12.5. The summed E-state index contributed by atoms with van der Waals surface area (Å²) in [5, 5.41) is 3.43. The highest BCUT2D eigenvalue weighted by atomic mass is 127. The van der Waals surface area contributed by atoms with Gasteiger partial charge in [0, 0.05) is 8.59 Å². The Morgan fingerprint density at radius 1 is 1.27 bits per heavy atom. The minimum absolute atomic E-state index is 0.0762. The summed E-state index contributed by atoms with van der Waals surface area (Å²) in [5.41, 5.74) is 2.72. The molecule has 0 saturated carbocycles. The molecule has 1 amide bonds. The fourth-order valence-corrected chi connectivity index (χ4v) is 2.34. The number of aryl methyl sites for hydroxylation is 3. The van der Waals surface area contributed by atoms with E-state index in [4.69, 9.17) is 16.3 Å². The van der Waals surface area contributed by atoms with E-state index < -0.39 is 0 Å². The highest BCUT2D eigenvalue weighted by molar-refractivity contribution is 14.1. The monoisotopic (exact) mass is 430 g/mol. The molecule has 0 aliphatic carbocycles. The second-order valence-electron chi connectivity index (χ2n) is 4.97. The van der Waals surface area contributed by atoms with Gasteiger partial charge in [0.15, 0.2) is 6.61 Å². The van der Waals surface area contributed by atoms with Gasteiger partial charge in [0.05, 0.1) is 5.69 Å². The first-order valence-electron chi connectivity index (χ1n) is 6.69. The average molecular weight is 431 g/mol. The third-order valence-electron chi connectivity index (χ3n) is 3.07. The molecule has 2 aromatic rings. The summed E-state index contributed by atoms with van der Waals surface area (Å²) in [7, 11) is 0. The number of anilines is 1. The molecule has 1 aromatic heterocycles. The molecule has 4 nitrogen and oxygen atoms in total. The van der Waals surface area contributed by atoms with E-state index in [0.29, 0.717) is 11.6 Å². The lowest BCUT2D eigenvalue weighted by molar-refractivity contribution is -0.118. The molecule has 6 heteroatoms. The third kappa shape index (κ3) is 4.33. The van der Waals surface area contributed by atoms with E-state index in [9.17, 15) is 4.79 Å².